The second kappa shape index (κ2) is 12.4. The molecule has 0 radical (unpaired) electrons. The van der Waals surface area contributed by atoms with Crippen molar-refractivity contribution in [3.63, 3.8) is 0 Å². The first-order valence-corrected chi connectivity index (χ1v) is 10.7. The van der Waals surface area contributed by atoms with Crippen LogP contribution in [-0.2, 0) is 4.79 Å². The number of carbonyl (C=O) groups excluding carboxylic acids is 3. The molecule has 0 spiro atoms. The molecule has 0 saturated carbocycles. The van der Waals surface area contributed by atoms with Crippen LogP contribution in [-0.4, -0.2) is 29.4 Å². The molecule has 0 unspecified atom stereocenters. The van der Waals surface area contributed by atoms with Crippen LogP contribution < -0.4 is 26.2 Å². The molecule has 2 aromatic carbocycles. The molecule has 3 amide bonds. The van der Waals surface area contributed by atoms with E-state index in [1.807, 2.05) is 20.8 Å². The first-order valence-electron chi connectivity index (χ1n) is 10.3. The van der Waals surface area contributed by atoms with E-state index in [2.05, 4.69) is 21.5 Å². The molecule has 2 aromatic rings. The molecular weight excluding hydrogens is 428 g/mol. The zero-order valence-corrected chi connectivity index (χ0v) is 19.2. The minimum atomic E-state index is -0.445. The van der Waals surface area contributed by atoms with Crippen LogP contribution in [0.5, 0.6) is 5.75 Å². The summed E-state index contributed by atoms with van der Waals surface area (Å²) in [6.45, 7) is 6.55. The van der Waals surface area contributed by atoms with E-state index in [0.717, 1.165) is 6.42 Å². The van der Waals surface area contributed by atoms with Crippen molar-refractivity contribution in [3.8, 4) is 5.75 Å². The van der Waals surface area contributed by atoms with Gasteiger partial charge in [0.1, 0.15) is 5.75 Å². The summed E-state index contributed by atoms with van der Waals surface area (Å²) in [5, 5.41) is 5.22. The highest BCUT2D eigenvalue weighted by atomic mass is 32.1. The number of nitrogens with one attached hydrogen (secondary N) is 4. The van der Waals surface area contributed by atoms with Crippen LogP contribution in [0.15, 0.2) is 48.5 Å². The maximum absolute atomic E-state index is 12.3. The van der Waals surface area contributed by atoms with E-state index in [0.29, 0.717) is 35.6 Å². The minimum absolute atomic E-state index is 0.0489. The van der Waals surface area contributed by atoms with Crippen molar-refractivity contribution in [3.05, 3.63) is 59.7 Å². The van der Waals surface area contributed by atoms with Crippen molar-refractivity contribution in [2.24, 2.45) is 5.92 Å². The molecule has 0 atom stereocenters. The Kier molecular flexibility index (Phi) is 9.62. The Morgan fingerprint density at radius 3 is 2.09 bits per heavy atom. The number of hydrogen-bond donors (Lipinski definition) is 4. The lowest BCUT2D eigenvalue weighted by molar-refractivity contribution is -0.116. The lowest BCUT2D eigenvalue weighted by Crippen LogP contribution is -2.48. The van der Waals surface area contributed by atoms with Gasteiger partial charge in [0.15, 0.2) is 5.11 Å². The van der Waals surface area contributed by atoms with E-state index >= 15 is 0 Å². The normalized spacial score (nSPS) is 10.2. The van der Waals surface area contributed by atoms with E-state index in [1.165, 1.54) is 0 Å². The van der Waals surface area contributed by atoms with Crippen LogP contribution in [0.3, 0.4) is 0 Å². The third-order valence-electron chi connectivity index (χ3n) is 4.13. The number of carbonyl (C=O) groups is 3. The predicted molar refractivity (Wildman–Crippen MR) is 127 cm³/mol. The van der Waals surface area contributed by atoms with Gasteiger partial charge in [-0.3, -0.25) is 30.6 Å². The van der Waals surface area contributed by atoms with Gasteiger partial charge in [-0.15, -0.1) is 0 Å². The first kappa shape index (κ1) is 24.8. The Morgan fingerprint density at radius 1 is 0.906 bits per heavy atom. The number of hydrogen-bond acceptors (Lipinski definition) is 5. The molecule has 0 fully saturated rings. The summed E-state index contributed by atoms with van der Waals surface area (Å²) < 4.78 is 5.48. The van der Waals surface area contributed by atoms with E-state index < -0.39 is 11.8 Å². The average molecular weight is 457 g/mol. The average Bonchev–Trinajstić information content (AvgIpc) is 2.76. The van der Waals surface area contributed by atoms with Crippen LogP contribution in [0.4, 0.5) is 5.69 Å². The summed E-state index contributed by atoms with van der Waals surface area (Å²) in [6.07, 6.45) is 1.32. The molecule has 0 saturated heterocycles. The number of anilines is 1. The van der Waals surface area contributed by atoms with Crippen LogP contribution in [0.25, 0.3) is 0 Å². The highest BCUT2D eigenvalue weighted by Gasteiger charge is 2.11. The zero-order chi connectivity index (χ0) is 23.5. The van der Waals surface area contributed by atoms with Crippen LogP contribution in [0, 0.1) is 5.92 Å². The summed E-state index contributed by atoms with van der Waals surface area (Å²) in [5.74, 6) is -0.000973. The van der Waals surface area contributed by atoms with Gasteiger partial charge in [0.25, 0.3) is 11.8 Å². The van der Waals surface area contributed by atoms with E-state index in [4.69, 9.17) is 17.0 Å². The fourth-order valence-electron chi connectivity index (χ4n) is 2.60. The van der Waals surface area contributed by atoms with E-state index in [9.17, 15) is 14.4 Å². The maximum atomic E-state index is 12.3. The van der Waals surface area contributed by atoms with Gasteiger partial charge >= 0.3 is 0 Å². The highest BCUT2D eigenvalue weighted by Crippen LogP contribution is 2.13. The molecular formula is C23H28N4O4S. The van der Waals surface area contributed by atoms with Crippen LogP contribution in [0.1, 0.15) is 54.3 Å². The minimum Gasteiger partial charge on any atom is -0.494 e. The molecule has 8 nitrogen and oxygen atoms in total. The molecule has 0 aromatic heterocycles. The molecule has 0 heterocycles. The fourth-order valence-corrected chi connectivity index (χ4v) is 2.75. The van der Waals surface area contributed by atoms with Gasteiger partial charge in [-0.2, -0.15) is 0 Å². The Morgan fingerprint density at radius 2 is 1.50 bits per heavy atom. The zero-order valence-electron chi connectivity index (χ0n) is 18.4. The van der Waals surface area contributed by atoms with Crippen molar-refractivity contribution in [1.82, 2.24) is 16.2 Å². The molecule has 0 aliphatic rings. The molecule has 9 heteroatoms. The molecule has 2 rings (SSSR count). The second-order valence-corrected chi connectivity index (χ2v) is 7.87. The van der Waals surface area contributed by atoms with E-state index in [-0.39, 0.29) is 16.9 Å². The van der Waals surface area contributed by atoms with Crippen molar-refractivity contribution >= 4 is 40.7 Å². The summed E-state index contributed by atoms with van der Waals surface area (Å²) in [7, 11) is 0. The Bertz CT molecular complexity index is 943. The Labute approximate surface area is 193 Å². The largest absolute Gasteiger partial charge is 0.494 e. The Hall–Kier alpha value is -3.46. The fraction of sp³-hybridized carbons (Fsp3) is 0.304. The van der Waals surface area contributed by atoms with Crippen molar-refractivity contribution in [2.75, 3.05) is 11.9 Å². The van der Waals surface area contributed by atoms with Crippen molar-refractivity contribution < 1.29 is 19.1 Å². The topological polar surface area (TPSA) is 109 Å². The smallest absolute Gasteiger partial charge is 0.269 e. The lowest BCUT2D eigenvalue weighted by Gasteiger charge is -2.12. The number of benzene rings is 2. The SMILES string of the molecule is CCCOc1ccc(C(=O)NC(=S)NNC(=O)c2ccc(NC(=O)CC(C)C)cc2)cc1. The van der Waals surface area contributed by atoms with Gasteiger partial charge in [0, 0.05) is 23.2 Å². The molecule has 0 aliphatic carbocycles. The monoisotopic (exact) mass is 456 g/mol. The molecule has 170 valence electrons. The quantitative estimate of drug-likeness (QED) is 0.358. The summed E-state index contributed by atoms with van der Waals surface area (Å²) in [4.78, 5) is 36.3. The molecule has 0 aliphatic heterocycles. The summed E-state index contributed by atoms with van der Waals surface area (Å²) in [5.41, 5.74) is 6.28. The molecule has 4 N–H and O–H groups in total. The summed E-state index contributed by atoms with van der Waals surface area (Å²) >= 11 is 5.05. The van der Waals surface area contributed by atoms with Gasteiger partial charge < -0.3 is 10.1 Å². The molecule has 0 bridgehead atoms. The van der Waals surface area contributed by atoms with E-state index in [1.54, 1.807) is 48.5 Å². The van der Waals surface area contributed by atoms with Crippen molar-refractivity contribution in [2.45, 2.75) is 33.6 Å². The number of thiocarbonyl (C=S) groups is 1. The van der Waals surface area contributed by atoms with Crippen LogP contribution in [0.2, 0.25) is 0 Å². The lowest BCUT2D eigenvalue weighted by atomic mass is 10.1. The second-order valence-electron chi connectivity index (χ2n) is 7.46. The number of ether oxygens (including phenoxy) is 1. The van der Waals surface area contributed by atoms with Gasteiger partial charge in [0.2, 0.25) is 5.91 Å². The standard InChI is InChI=1S/C23H28N4O4S/c1-4-13-31-19-11-7-16(8-12-19)21(29)25-23(32)27-26-22(30)17-5-9-18(10-6-17)24-20(28)14-15(2)3/h5-12,15H,4,13-14H2,1-3H3,(H,24,28)(H,26,30)(H2,25,27,29,32). The number of rotatable bonds is 8. The third-order valence-corrected chi connectivity index (χ3v) is 4.33. The highest BCUT2D eigenvalue weighted by molar-refractivity contribution is 7.80. The third kappa shape index (κ3) is 8.35. The van der Waals surface area contributed by atoms with Crippen molar-refractivity contribution in [1.29, 1.82) is 0 Å². The summed E-state index contributed by atoms with van der Waals surface area (Å²) in [6, 6.07) is 13.1. The van der Waals surface area contributed by atoms with Gasteiger partial charge in [0.05, 0.1) is 6.61 Å². The number of hydrazine groups is 1. The van der Waals surface area contributed by atoms with Crippen LogP contribution >= 0.6 is 12.2 Å². The van der Waals surface area contributed by atoms with Gasteiger partial charge in [-0.1, -0.05) is 20.8 Å². The Balaban J connectivity index is 1.80. The molecule has 32 heavy (non-hydrogen) atoms. The number of amides is 3. The first-order chi connectivity index (χ1) is 15.3. The maximum Gasteiger partial charge on any atom is 0.269 e. The van der Waals surface area contributed by atoms with Gasteiger partial charge in [-0.25, -0.2) is 0 Å². The van der Waals surface area contributed by atoms with Gasteiger partial charge in [-0.05, 0) is 73.1 Å². The predicted octanol–water partition coefficient (Wildman–Crippen LogP) is 3.41.